The van der Waals surface area contributed by atoms with Gasteiger partial charge in [0.05, 0.1) is 17.9 Å². The van der Waals surface area contributed by atoms with Crippen LogP contribution in [0.1, 0.15) is 31.2 Å². The predicted octanol–water partition coefficient (Wildman–Crippen LogP) is 3.18. The van der Waals surface area contributed by atoms with Crippen molar-refractivity contribution in [3.63, 3.8) is 0 Å². The highest BCUT2D eigenvalue weighted by molar-refractivity contribution is 14.0. The summed E-state index contributed by atoms with van der Waals surface area (Å²) >= 11 is 3.40. The van der Waals surface area contributed by atoms with Gasteiger partial charge in [0.25, 0.3) is 0 Å². The van der Waals surface area contributed by atoms with Crippen molar-refractivity contribution in [2.45, 2.75) is 32.7 Å². The van der Waals surface area contributed by atoms with Crippen LogP contribution in [-0.2, 0) is 13.0 Å². The molecule has 7 nitrogen and oxygen atoms in total. The van der Waals surface area contributed by atoms with Crippen LogP contribution in [-0.4, -0.2) is 56.2 Å². The highest BCUT2D eigenvalue weighted by Crippen LogP contribution is 2.24. The Morgan fingerprint density at radius 2 is 1.89 bits per heavy atom. The first-order chi connectivity index (χ1) is 13.2. The predicted molar refractivity (Wildman–Crippen MR) is 132 cm³/mol. The maximum absolute atomic E-state index is 4.78. The van der Waals surface area contributed by atoms with Gasteiger partial charge in [-0.1, -0.05) is 0 Å². The van der Waals surface area contributed by atoms with Crippen LogP contribution >= 0.6 is 46.7 Å². The molecular formula is C18H30IN7S2. The van der Waals surface area contributed by atoms with Gasteiger partial charge in [-0.3, -0.25) is 0 Å². The molecule has 0 spiro atoms. The standard InChI is InChI=1S/C18H29N7S2.HI/c1-4-19-16(21-11-15-13-26-17(23-15)24(2)3)20-8-7-14-12-27-18(22-14)25-9-5-6-10-25;/h12-13H,4-11H2,1-3H3,(H2,19,20,21);1H. The molecule has 0 unspecified atom stereocenters. The molecular weight excluding hydrogens is 505 g/mol. The maximum Gasteiger partial charge on any atom is 0.191 e. The number of aromatic nitrogens is 2. The molecule has 0 aromatic carbocycles. The second-order valence-corrected chi connectivity index (χ2v) is 8.38. The molecule has 3 rings (SSSR count). The Morgan fingerprint density at radius 3 is 2.57 bits per heavy atom. The molecule has 0 radical (unpaired) electrons. The lowest BCUT2D eigenvalue weighted by atomic mass is 10.3. The first-order valence-electron chi connectivity index (χ1n) is 9.49. The van der Waals surface area contributed by atoms with Crippen molar-refractivity contribution >= 4 is 62.9 Å². The largest absolute Gasteiger partial charge is 0.357 e. The van der Waals surface area contributed by atoms with E-state index in [4.69, 9.17) is 4.98 Å². The fourth-order valence-electron chi connectivity index (χ4n) is 2.85. The van der Waals surface area contributed by atoms with Gasteiger partial charge in [0.2, 0.25) is 0 Å². The monoisotopic (exact) mass is 535 g/mol. The molecule has 156 valence electrons. The van der Waals surface area contributed by atoms with Gasteiger partial charge in [-0.2, -0.15) is 0 Å². The van der Waals surface area contributed by atoms with Crippen LogP contribution in [0.5, 0.6) is 0 Å². The molecule has 0 bridgehead atoms. The summed E-state index contributed by atoms with van der Waals surface area (Å²) in [5, 5.41) is 13.1. The molecule has 2 N–H and O–H groups in total. The summed E-state index contributed by atoms with van der Waals surface area (Å²) in [4.78, 5) is 18.4. The average Bonchev–Trinajstić information content (AvgIpc) is 3.39. The summed E-state index contributed by atoms with van der Waals surface area (Å²) in [6, 6.07) is 0. The van der Waals surface area contributed by atoms with E-state index >= 15 is 0 Å². The summed E-state index contributed by atoms with van der Waals surface area (Å²) in [6.45, 7) is 6.60. The van der Waals surface area contributed by atoms with Crippen molar-refractivity contribution < 1.29 is 0 Å². The van der Waals surface area contributed by atoms with Crippen molar-refractivity contribution in [1.82, 2.24) is 20.6 Å². The van der Waals surface area contributed by atoms with E-state index in [1.165, 1.54) is 18.0 Å². The Bertz CT molecular complexity index is 738. The zero-order chi connectivity index (χ0) is 19.1. The van der Waals surface area contributed by atoms with Crippen molar-refractivity contribution in [2.24, 2.45) is 4.99 Å². The minimum absolute atomic E-state index is 0. The minimum Gasteiger partial charge on any atom is -0.357 e. The zero-order valence-electron chi connectivity index (χ0n) is 16.8. The van der Waals surface area contributed by atoms with E-state index in [9.17, 15) is 0 Å². The molecule has 0 aliphatic carbocycles. The van der Waals surface area contributed by atoms with E-state index in [-0.39, 0.29) is 24.0 Å². The number of aliphatic imine (C=N–C) groups is 1. The van der Waals surface area contributed by atoms with E-state index in [1.807, 2.05) is 19.0 Å². The van der Waals surface area contributed by atoms with Gasteiger partial charge in [-0.05, 0) is 19.8 Å². The van der Waals surface area contributed by atoms with Crippen molar-refractivity contribution in [3.8, 4) is 0 Å². The lowest BCUT2D eigenvalue weighted by molar-refractivity contribution is 0.787. The molecule has 10 heteroatoms. The molecule has 1 saturated heterocycles. The molecule has 28 heavy (non-hydrogen) atoms. The molecule has 1 fully saturated rings. The third-order valence-corrected chi connectivity index (χ3v) is 6.26. The van der Waals surface area contributed by atoms with E-state index in [0.717, 1.165) is 55.1 Å². The van der Waals surface area contributed by atoms with Gasteiger partial charge in [0.1, 0.15) is 0 Å². The van der Waals surface area contributed by atoms with Gasteiger partial charge in [0.15, 0.2) is 16.2 Å². The molecule has 0 amide bonds. The van der Waals surface area contributed by atoms with E-state index in [1.54, 1.807) is 22.7 Å². The summed E-state index contributed by atoms with van der Waals surface area (Å²) in [5.41, 5.74) is 2.15. The quantitative estimate of drug-likeness (QED) is 0.308. The van der Waals surface area contributed by atoms with Crippen LogP contribution in [0.3, 0.4) is 0 Å². The first kappa shape index (κ1) is 23.1. The Balaban J connectivity index is 0.00000280. The van der Waals surface area contributed by atoms with Gasteiger partial charge < -0.3 is 20.4 Å². The fraction of sp³-hybridized carbons (Fsp3) is 0.611. The molecule has 2 aromatic heterocycles. The second-order valence-electron chi connectivity index (χ2n) is 6.70. The first-order valence-corrected chi connectivity index (χ1v) is 11.2. The van der Waals surface area contributed by atoms with Crippen LogP contribution in [0.2, 0.25) is 0 Å². The molecule has 3 heterocycles. The number of guanidine groups is 1. The Morgan fingerprint density at radius 1 is 1.14 bits per heavy atom. The van der Waals surface area contributed by atoms with Gasteiger partial charge in [-0.25, -0.2) is 15.0 Å². The number of thiazole rings is 2. The topological polar surface area (TPSA) is 68.7 Å². The van der Waals surface area contributed by atoms with Crippen LogP contribution in [0, 0.1) is 0 Å². The van der Waals surface area contributed by atoms with E-state index in [2.05, 4.69) is 43.2 Å². The number of nitrogens with one attached hydrogen (secondary N) is 2. The highest BCUT2D eigenvalue weighted by Gasteiger charge is 2.15. The summed E-state index contributed by atoms with van der Waals surface area (Å²) < 4.78 is 0. The van der Waals surface area contributed by atoms with Gasteiger partial charge in [-0.15, -0.1) is 46.7 Å². The summed E-state index contributed by atoms with van der Waals surface area (Å²) in [7, 11) is 4.01. The maximum atomic E-state index is 4.78. The number of nitrogens with zero attached hydrogens (tertiary/aromatic N) is 5. The van der Waals surface area contributed by atoms with Gasteiger partial charge in [0, 0.05) is 57.5 Å². The number of halogens is 1. The van der Waals surface area contributed by atoms with Crippen LogP contribution in [0.4, 0.5) is 10.3 Å². The third kappa shape index (κ3) is 6.73. The smallest absolute Gasteiger partial charge is 0.191 e. The Hall–Kier alpha value is -1.14. The van der Waals surface area contributed by atoms with Gasteiger partial charge >= 0.3 is 0 Å². The van der Waals surface area contributed by atoms with E-state index in [0.29, 0.717) is 6.54 Å². The molecule has 1 aliphatic heterocycles. The van der Waals surface area contributed by atoms with E-state index < -0.39 is 0 Å². The molecule has 1 aliphatic rings. The van der Waals surface area contributed by atoms with Crippen LogP contribution in [0.25, 0.3) is 0 Å². The van der Waals surface area contributed by atoms with Crippen LogP contribution in [0.15, 0.2) is 15.8 Å². The lowest BCUT2D eigenvalue weighted by Gasteiger charge is -2.12. The number of anilines is 2. The Labute approximate surface area is 192 Å². The fourth-order valence-corrected chi connectivity index (χ4v) is 4.51. The zero-order valence-corrected chi connectivity index (χ0v) is 20.7. The summed E-state index contributed by atoms with van der Waals surface area (Å²) in [6.07, 6.45) is 3.47. The normalized spacial score (nSPS) is 14.1. The van der Waals surface area contributed by atoms with Crippen molar-refractivity contribution in [2.75, 3.05) is 50.1 Å². The van der Waals surface area contributed by atoms with Crippen molar-refractivity contribution in [3.05, 3.63) is 22.1 Å². The third-order valence-electron chi connectivity index (χ3n) is 4.26. The molecule has 0 saturated carbocycles. The minimum atomic E-state index is 0. The SMILES string of the molecule is CCNC(=NCc1csc(N(C)C)n1)NCCc1csc(N2CCCC2)n1.I. The number of hydrogen-bond acceptors (Lipinski definition) is 7. The van der Waals surface area contributed by atoms with Crippen LogP contribution < -0.4 is 20.4 Å². The molecule has 2 aromatic rings. The Kier molecular flexibility index (Phi) is 9.72. The summed E-state index contributed by atoms with van der Waals surface area (Å²) in [5.74, 6) is 0.826. The average molecular weight is 536 g/mol. The van der Waals surface area contributed by atoms with Crippen molar-refractivity contribution in [1.29, 1.82) is 0 Å². The second kappa shape index (κ2) is 11.8. The molecule has 0 atom stereocenters. The lowest BCUT2D eigenvalue weighted by Crippen LogP contribution is -2.38. The number of rotatable bonds is 8. The highest BCUT2D eigenvalue weighted by atomic mass is 127. The number of hydrogen-bond donors (Lipinski definition) is 2.